The van der Waals surface area contributed by atoms with Crippen molar-refractivity contribution in [3.05, 3.63) is 23.7 Å². The van der Waals surface area contributed by atoms with Crippen molar-refractivity contribution in [3.63, 3.8) is 0 Å². The van der Waals surface area contributed by atoms with Crippen molar-refractivity contribution in [1.82, 2.24) is 5.32 Å². The lowest BCUT2D eigenvalue weighted by atomic mass is 10.3. The van der Waals surface area contributed by atoms with E-state index in [0.717, 1.165) is 37.1 Å². The van der Waals surface area contributed by atoms with Gasteiger partial charge in [0.05, 0.1) is 6.54 Å². The molecular weight excluding hydrogens is 202 g/mol. The molecule has 0 bridgehead atoms. The van der Waals surface area contributed by atoms with Gasteiger partial charge >= 0.3 is 0 Å². The average Bonchev–Trinajstić information content (AvgIpc) is 3.01. The summed E-state index contributed by atoms with van der Waals surface area (Å²) in [6.07, 6.45) is 4.01. The van der Waals surface area contributed by atoms with E-state index >= 15 is 0 Å². The van der Waals surface area contributed by atoms with Crippen molar-refractivity contribution < 1.29 is 9.15 Å². The highest BCUT2D eigenvalue weighted by molar-refractivity contribution is 5.06. The predicted octanol–water partition coefficient (Wildman–Crippen LogP) is 2.71. The molecule has 0 aliphatic heterocycles. The van der Waals surface area contributed by atoms with Gasteiger partial charge in [0.25, 0.3) is 0 Å². The van der Waals surface area contributed by atoms with Gasteiger partial charge in [0, 0.05) is 6.61 Å². The van der Waals surface area contributed by atoms with Gasteiger partial charge in [-0.3, -0.25) is 0 Å². The Morgan fingerprint density at radius 3 is 2.94 bits per heavy atom. The highest BCUT2D eigenvalue weighted by Crippen LogP contribution is 2.32. The van der Waals surface area contributed by atoms with Crippen LogP contribution in [-0.2, 0) is 17.9 Å². The molecule has 0 saturated heterocycles. The highest BCUT2D eigenvalue weighted by Gasteiger charge is 2.20. The van der Waals surface area contributed by atoms with Crippen molar-refractivity contribution in [2.24, 2.45) is 5.92 Å². The third-order valence-corrected chi connectivity index (χ3v) is 2.88. The molecule has 0 radical (unpaired) electrons. The maximum absolute atomic E-state index is 5.62. The van der Waals surface area contributed by atoms with E-state index < -0.39 is 0 Å². The van der Waals surface area contributed by atoms with Gasteiger partial charge in [0.15, 0.2) is 0 Å². The normalized spacial score (nSPS) is 15.6. The molecule has 16 heavy (non-hydrogen) atoms. The first kappa shape index (κ1) is 11.7. The fourth-order valence-corrected chi connectivity index (χ4v) is 1.67. The van der Waals surface area contributed by atoms with Gasteiger partial charge in [-0.2, -0.15) is 0 Å². The van der Waals surface area contributed by atoms with Crippen LogP contribution in [0.2, 0.25) is 0 Å². The fraction of sp³-hybridized carbons (Fsp3) is 0.692. The first-order chi connectivity index (χ1) is 7.88. The van der Waals surface area contributed by atoms with Crippen molar-refractivity contribution >= 4 is 0 Å². The molecule has 0 aromatic carbocycles. The van der Waals surface area contributed by atoms with Gasteiger partial charge < -0.3 is 14.5 Å². The van der Waals surface area contributed by atoms with Crippen LogP contribution in [0, 0.1) is 5.92 Å². The lowest BCUT2D eigenvalue weighted by Crippen LogP contribution is -2.10. The van der Waals surface area contributed by atoms with Gasteiger partial charge in [-0.25, -0.2) is 0 Å². The summed E-state index contributed by atoms with van der Waals surface area (Å²) in [7, 11) is 0. The molecule has 1 aliphatic rings. The Balaban J connectivity index is 1.61. The second kappa shape index (κ2) is 6.06. The van der Waals surface area contributed by atoms with Crippen LogP contribution in [0.5, 0.6) is 0 Å². The topological polar surface area (TPSA) is 34.4 Å². The van der Waals surface area contributed by atoms with E-state index in [4.69, 9.17) is 9.15 Å². The van der Waals surface area contributed by atoms with Crippen molar-refractivity contribution in [1.29, 1.82) is 0 Å². The zero-order valence-corrected chi connectivity index (χ0v) is 10.00. The van der Waals surface area contributed by atoms with Crippen LogP contribution in [0.3, 0.4) is 0 Å². The molecule has 1 aliphatic carbocycles. The molecule has 1 fully saturated rings. The number of nitrogens with one attached hydrogen (secondary N) is 1. The highest BCUT2D eigenvalue weighted by atomic mass is 16.5. The summed E-state index contributed by atoms with van der Waals surface area (Å²) < 4.78 is 11.2. The van der Waals surface area contributed by atoms with Gasteiger partial charge in [0.1, 0.15) is 18.1 Å². The molecule has 1 saturated carbocycles. The standard InChI is InChI=1S/C13H21NO2/c1-2-14-9-12-5-6-13(16-12)10-15-8-7-11-3-4-11/h5-6,11,14H,2-4,7-10H2,1H3. The van der Waals surface area contributed by atoms with E-state index in [1.165, 1.54) is 19.3 Å². The van der Waals surface area contributed by atoms with Crippen LogP contribution in [0.25, 0.3) is 0 Å². The van der Waals surface area contributed by atoms with E-state index in [0.29, 0.717) is 6.61 Å². The molecule has 1 aromatic heterocycles. The maximum atomic E-state index is 5.62. The second-order valence-corrected chi connectivity index (χ2v) is 4.43. The molecule has 1 aromatic rings. The number of rotatable bonds is 8. The Kier molecular flexibility index (Phi) is 4.43. The first-order valence-electron chi connectivity index (χ1n) is 6.24. The van der Waals surface area contributed by atoms with Crippen molar-refractivity contribution in [2.75, 3.05) is 13.2 Å². The molecule has 0 spiro atoms. The molecule has 3 heteroatoms. The summed E-state index contributed by atoms with van der Waals surface area (Å²) in [6.45, 7) is 5.34. The molecular formula is C13H21NO2. The van der Waals surface area contributed by atoms with Crippen LogP contribution in [0.15, 0.2) is 16.5 Å². The number of ether oxygens (including phenoxy) is 1. The van der Waals surface area contributed by atoms with E-state index in [1.807, 2.05) is 12.1 Å². The third-order valence-electron chi connectivity index (χ3n) is 2.88. The minimum Gasteiger partial charge on any atom is -0.462 e. The molecule has 0 atom stereocenters. The maximum Gasteiger partial charge on any atom is 0.129 e. The van der Waals surface area contributed by atoms with Gasteiger partial charge in [-0.1, -0.05) is 19.8 Å². The van der Waals surface area contributed by atoms with E-state index in [9.17, 15) is 0 Å². The molecule has 0 unspecified atom stereocenters. The zero-order valence-electron chi connectivity index (χ0n) is 10.00. The van der Waals surface area contributed by atoms with Gasteiger partial charge in [-0.15, -0.1) is 0 Å². The van der Waals surface area contributed by atoms with Gasteiger partial charge in [0.2, 0.25) is 0 Å². The average molecular weight is 223 g/mol. The Bertz CT molecular complexity index is 305. The van der Waals surface area contributed by atoms with E-state index in [1.54, 1.807) is 0 Å². The van der Waals surface area contributed by atoms with Crippen molar-refractivity contribution in [2.45, 2.75) is 39.3 Å². The SMILES string of the molecule is CCNCc1ccc(COCCC2CC2)o1. The molecule has 1 N–H and O–H groups in total. The van der Waals surface area contributed by atoms with Crippen LogP contribution in [0.1, 0.15) is 37.7 Å². The number of hydrogen-bond acceptors (Lipinski definition) is 3. The van der Waals surface area contributed by atoms with Crippen LogP contribution in [-0.4, -0.2) is 13.2 Å². The monoisotopic (exact) mass is 223 g/mol. The fourth-order valence-electron chi connectivity index (χ4n) is 1.67. The van der Waals surface area contributed by atoms with E-state index in [2.05, 4.69) is 12.2 Å². The summed E-state index contributed by atoms with van der Waals surface area (Å²) in [5, 5.41) is 3.23. The second-order valence-electron chi connectivity index (χ2n) is 4.43. The Labute approximate surface area is 97.2 Å². The first-order valence-corrected chi connectivity index (χ1v) is 6.24. The minimum absolute atomic E-state index is 0.610. The Hall–Kier alpha value is -0.800. The minimum atomic E-state index is 0.610. The summed E-state index contributed by atoms with van der Waals surface area (Å²) in [5.74, 6) is 2.87. The van der Waals surface area contributed by atoms with Crippen LogP contribution < -0.4 is 5.32 Å². The molecule has 0 amide bonds. The van der Waals surface area contributed by atoms with Crippen LogP contribution >= 0.6 is 0 Å². The summed E-state index contributed by atoms with van der Waals surface area (Å²) >= 11 is 0. The molecule has 90 valence electrons. The lowest BCUT2D eigenvalue weighted by Gasteiger charge is -2.01. The summed E-state index contributed by atoms with van der Waals surface area (Å²) in [4.78, 5) is 0. The zero-order chi connectivity index (χ0) is 11.2. The molecule has 1 heterocycles. The summed E-state index contributed by atoms with van der Waals surface area (Å²) in [6, 6.07) is 4.02. The summed E-state index contributed by atoms with van der Waals surface area (Å²) in [5.41, 5.74) is 0. The number of hydrogen-bond donors (Lipinski definition) is 1. The number of furan rings is 1. The molecule has 2 rings (SSSR count). The lowest BCUT2D eigenvalue weighted by molar-refractivity contribution is 0.0999. The van der Waals surface area contributed by atoms with Gasteiger partial charge in [-0.05, 0) is 31.0 Å². The van der Waals surface area contributed by atoms with Crippen LogP contribution in [0.4, 0.5) is 0 Å². The Morgan fingerprint density at radius 1 is 1.38 bits per heavy atom. The smallest absolute Gasteiger partial charge is 0.129 e. The third kappa shape index (κ3) is 3.99. The Morgan fingerprint density at radius 2 is 2.19 bits per heavy atom. The van der Waals surface area contributed by atoms with E-state index in [-0.39, 0.29) is 0 Å². The quantitative estimate of drug-likeness (QED) is 0.688. The molecule has 3 nitrogen and oxygen atoms in total. The largest absolute Gasteiger partial charge is 0.462 e. The van der Waals surface area contributed by atoms with Crippen molar-refractivity contribution in [3.8, 4) is 0 Å². The predicted molar refractivity (Wildman–Crippen MR) is 63.1 cm³/mol.